The normalized spacial score (nSPS) is 11.7. The first-order chi connectivity index (χ1) is 10.4. The minimum Gasteiger partial charge on any atom is -0.507 e. The van der Waals surface area contributed by atoms with Gasteiger partial charge in [-0.15, -0.1) is 12.6 Å². The maximum Gasteiger partial charge on any atom is 0.123 e. The molecule has 0 aliphatic heterocycles. The number of hydrogen-bond donors (Lipinski definition) is 2. The van der Waals surface area contributed by atoms with E-state index in [1.807, 2.05) is 30.3 Å². The van der Waals surface area contributed by atoms with Gasteiger partial charge in [-0.05, 0) is 29.9 Å². The van der Waals surface area contributed by atoms with Crippen LogP contribution in [0.1, 0.15) is 58.2 Å². The summed E-state index contributed by atoms with van der Waals surface area (Å²) >= 11 is 4.42. The lowest BCUT2D eigenvalue weighted by Crippen LogP contribution is -2.17. The summed E-state index contributed by atoms with van der Waals surface area (Å²) in [5.74, 6) is 0.415. The number of phenolic OH excluding ortho intramolecular Hbond substituents is 1. The van der Waals surface area contributed by atoms with Gasteiger partial charge in [0.25, 0.3) is 0 Å². The third-order valence-electron chi connectivity index (χ3n) is 3.65. The largest absolute Gasteiger partial charge is 0.507 e. The maximum absolute atomic E-state index is 10.4. The van der Waals surface area contributed by atoms with E-state index in [9.17, 15) is 5.11 Å². The van der Waals surface area contributed by atoms with Crippen LogP contribution in [0.4, 0.5) is 0 Å². The van der Waals surface area contributed by atoms with Crippen LogP contribution in [0.25, 0.3) is 0 Å². The average molecular weight is 331 g/mol. The topological polar surface area (TPSA) is 20.2 Å². The van der Waals surface area contributed by atoms with Crippen LogP contribution in [0.15, 0.2) is 47.4 Å². The predicted octanol–water partition coefficient (Wildman–Crippen LogP) is 6.27. The van der Waals surface area contributed by atoms with Crippen LogP contribution < -0.4 is 0 Å². The number of thiol groups is 1. The zero-order chi connectivity index (χ0) is 17.8. The molecule has 0 aliphatic carbocycles. The van der Waals surface area contributed by atoms with Gasteiger partial charge in [0.15, 0.2) is 0 Å². The molecule has 0 spiro atoms. The molecule has 0 aromatic heterocycles. The lowest BCUT2D eigenvalue weighted by atomic mass is 9.79. The van der Waals surface area contributed by atoms with Gasteiger partial charge in [-0.25, -0.2) is 0 Å². The first-order valence-corrected chi connectivity index (χ1v) is 8.46. The molecule has 23 heavy (non-hydrogen) atoms. The van der Waals surface area contributed by atoms with Gasteiger partial charge in [0.1, 0.15) is 5.75 Å². The molecule has 0 unspecified atom stereocenters. The minimum atomic E-state index is -0.0666. The van der Waals surface area contributed by atoms with Crippen LogP contribution in [0.5, 0.6) is 5.75 Å². The number of aromatic hydroxyl groups is 1. The molecule has 1 nitrogen and oxygen atoms in total. The van der Waals surface area contributed by atoms with Gasteiger partial charge in [0.05, 0.1) is 0 Å². The van der Waals surface area contributed by atoms with Crippen molar-refractivity contribution in [2.45, 2.75) is 64.2 Å². The predicted molar refractivity (Wildman–Crippen MR) is 104 cm³/mol. The molecule has 0 fully saturated rings. The molecule has 0 heterocycles. The Morgan fingerprint density at radius 3 is 1.43 bits per heavy atom. The van der Waals surface area contributed by atoms with Crippen molar-refractivity contribution in [1.29, 1.82) is 0 Å². The van der Waals surface area contributed by atoms with Gasteiger partial charge in [0, 0.05) is 16.0 Å². The summed E-state index contributed by atoms with van der Waals surface area (Å²) in [6, 6.07) is 14.2. The van der Waals surface area contributed by atoms with Gasteiger partial charge in [0.2, 0.25) is 0 Å². The smallest absolute Gasteiger partial charge is 0.123 e. The summed E-state index contributed by atoms with van der Waals surface area (Å²) in [5.41, 5.74) is 3.11. The Kier molecular flexibility index (Phi) is 6.35. The molecule has 2 aromatic carbocycles. The Bertz CT molecular complexity index is 596. The van der Waals surface area contributed by atoms with Crippen LogP contribution in [0.3, 0.4) is 0 Å². The molecular weight excluding hydrogens is 300 g/mol. The van der Waals surface area contributed by atoms with Crippen LogP contribution in [-0.2, 0) is 10.8 Å². The van der Waals surface area contributed by atoms with Crippen LogP contribution in [-0.4, -0.2) is 5.11 Å². The highest BCUT2D eigenvalue weighted by molar-refractivity contribution is 7.80. The summed E-state index contributed by atoms with van der Waals surface area (Å²) in [6.45, 7) is 14.7. The zero-order valence-electron chi connectivity index (χ0n) is 15.4. The van der Waals surface area contributed by atoms with Crippen LogP contribution in [0, 0.1) is 6.92 Å². The van der Waals surface area contributed by atoms with Crippen molar-refractivity contribution in [3.63, 3.8) is 0 Å². The Hall–Kier alpha value is -1.41. The standard InChI is InChI=1S/C14H22OS.C7H8/c1-13(2,3)10-7-9(16)8-11(12(10)15)14(4,5)6;1-7-5-3-2-4-6-7/h7-8,15-16H,1-6H3;2-6H,1H3. The van der Waals surface area contributed by atoms with Crippen molar-refractivity contribution in [3.8, 4) is 5.75 Å². The van der Waals surface area contributed by atoms with E-state index >= 15 is 0 Å². The first-order valence-electron chi connectivity index (χ1n) is 8.01. The molecule has 0 saturated carbocycles. The van der Waals surface area contributed by atoms with Crippen molar-refractivity contribution >= 4 is 12.6 Å². The van der Waals surface area contributed by atoms with Crippen molar-refractivity contribution in [2.75, 3.05) is 0 Å². The van der Waals surface area contributed by atoms with Gasteiger partial charge < -0.3 is 5.11 Å². The second-order valence-corrected chi connectivity index (χ2v) is 8.56. The fourth-order valence-corrected chi connectivity index (χ4v) is 2.56. The average Bonchev–Trinajstić information content (AvgIpc) is 2.40. The molecule has 1 N–H and O–H groups in total. The number of rotatable bonds is 0. The molecule has 2 rings (SSSR count). The number of aryl methyl sites for hydroxylation is 1. The SMILES string of the molecule is CC(C)(C)c1cc(S)cc(C(C)(C)C)c1O.Cc1ccccc1. The fraction of sp³-hybridized carbons (Fsp3) is 0.429. The Balaban J connectivity index is 0.000000313. The Labute approximate surface area is 147 Å². The summed E-state index contributed by atoms with van der Waals surface area (Å²) in [6.07, 6.45) is 0. The second kappa shape index (κ2) is 7.44. The summed E-state index contributed by atoms with van der Waals surface area (Å²) < 4.78 is 0. The van der Waals surface area contributed by atoms with Crippen molar-refractivity contribution in [3.05, 3.63) is 59.2 Å². The van der Waals surface area contributed by atoms with Gasteiger partial charge >= 0.3 is 0 Å². The van der Waals surface area contributed by atoms with E-state index in [0.717, 1.165) is 16.0 Å². The molecule has 0 radical (unpaired) electrons. The van der Waals surface area contributed by atoms with E-state index in [1.54, 1.807) is 0 Å². The van der Waals surface area contributed by atoms with Crippen molar-refractivity contribution < 1.29 is 5.11 Å². The van der Waals surface area contributed by atoms with E-state index in [-0.39, 0.29) is 10.8 Å². The molecule has 0 amide bonds. The first kappa shape index (κ1) is 19.6. The van der Waals surface area contributed by atoms with Crippen molar-refractivity contribution in [1.82, 2.24) is 0 Å². The summed E-state index contributed by atoms with van der Waals surface area (Å²) in [7, 11) is 0. The quantitative estimate of drug-likeness (QED) is 0.545. The molecule has 0 aliphatic rings. The van der Waals surface area contributed by atoms with E-state index in [1.165, 1.54) is 5.56 Å². The number of hydrogen-bond acceptors (Lipinski definition) is 2. The second-order valence-electron chi connectivity index (χ2n) is 8.04. The third-order valence-corrected chi connectivity index (χ3v) is 3.91. The lowest BCUT2D eigenvalue weighted by Gasteiger charge is -2.27. The number of benzene rings is 2. The molecule has 0 bridgehead atoms. The van der Waals surface area contributed by atoms with Gasteiger partial charge in [-0.1, -0.05) is 77.4 Å². The van der Waals surface area contributed by atoms with E-state index in [0.29, 0.717) is 5.75 Å². The summed E-state index contributed by atoms with van der Waals surface area (Å²) in [5, 5.41) is 10.4. The molecular formula is C21H30OS. The fourth-order valence-electron chi connectivity index (χ4n) is 2.30. The lowest BCUT2D eigenvalue weighted by molar-refractivity contribution is 0.422. The third kappa shape index (κ3) is 5.95. The highest BCUT2D eigenvalue weighted by Gasteiger charge is 2.25. The monoisotopic (exact) mass is 330 g/mol. The maximum atomic E-state index is 10.4. The number of phenols is 1. The molecule has 2 aromatic rings. The molecule has 2 heteroatoms. The van der Waals surface area contributed by atoms with Crippen LogP contribution >= 0.6 is 12.6 Å². The highest BCUT2D eigenvalue weighted by Crippen LogP contribution is 2.40. The summed E-state index contributed by atoms with van der Waals surface area (Å²) in [4.78, 5) is 0.910. The minimum absolute atomic E-state index is 0.0666. The highest BCUT2D eigenvalue weighted by atomic mass is 32.1. The van der Waals surface area contributed by atoms with Gasteiger partial charge in [-0.3, -0.25) is 0 Å². The zero-order valence-corrected chi connectivity index (χ0v) is 16.3. The molecule has 126 valence electrons. The van der Waals surface area contributed by atoms with Crippen molar-refractivity contribution in [2.24, 2.45) is 0 Å². The Morgan fingerprint density at radius 1 is 0.783 bits per heavy atom. The molecule has 0 saturated heterocycles. The van der Waals surface area contributed by atoms with Gasteiger partial charge in [-0.2, -0.15) is 0 Å². The van der Waals surface area contributed by atoms with E-state index in [4.69, 9.17) is 0 Å². The Morgan fingerprint density at radius 2 is 1.17 bits per heavy atom. The molecule has 0 atom stereocenters. The van der Waals surface area contributed by atoms with E-state index < -0.39 is 0 Å². The van der Waals surface area contributed by atoms with E-state index in [2.05, 4.69) is 73.2 Å². The van der Waals surface area contributed by atoms with Crippen LogP contribution in [0.2, 0.25) is 0 Å².